The zero-order chi connectivity index (χ0) is 52.3. The van der Waals surface area contributed by atoms with E-state index in [1.54, 1.807) is 0 Å². The molecular formula is C72H56N6. The lowest BCUT2D eigenvalue weighted by atomic mass is 10.1. The van der Waals surface area contributed by atoms with E-state index in [2.05, 4.69) is 345 Å². The molecule has 0 amide bonds. The fourth-order valence-corrected chi connectivity index (χ4v) is 10.1. The number of nitrogens with one attached hydrogen (secondary N) is 1. The summed E-state index contributed by atoms with van der Waals surface area (Å²) >= 11 is 0. The summed E-state index contributed by atoms with van der Waals surface area (Å²) in [5.74, 6) is 0. The minimum atomic E-state index is 1.03. The van der Waals surface area contributed by atoms with E-state index in [1.807, 2.05) is 18.2 Å². The molecule has 0 heterocycles. The first-order valence-electron chi connectivity index (χ1n) is 26.3. The molecule has 0 atom stereocenters. The zero-order valence-corrected chi connectivity index (χ0v) is 43.0. The predicted octanol–water partition coefficient (Wildman–Crippen LogP) is 20.8. The third-order valence-corrected chi connectivity index (χ3v) is 13.7. The summed E-state index contributed by atoms with van der Waals surface area (Å²) in [4.78, 5) is 11.5. The number of benzene rings is 12. The second kappa shape index (κ2) is 22.9. The van der Waals surface area contributed by atoms with Gasteiger partial charge in [0.15, 0.2) is 0 Å². The van der Waals surface area contributed by atoms with Crippen LogP contribution in [0.4, 0.5) is 96.7 Å². The summed E-state index contributed by atoms with van der Waals surface area (Å²) in [5, 5.41) is 3.52. The van der Waals surface area contributed by atoms with Crippen LogP contribution in [0.25, 0.3) is 0 Å². The SMILES string of the molecule is c1ccc(Nc2ccc(N(c3ccccc3)c3ccc(N(c4ccccc4)c4ccc(N(c5ccccc5)c5ccc(N(c6ccccc6)c6ccc(N(c7ccccc7)c7ccccc7)cc6)cc5)cc4)cc3)cc2)cc1. The second-order valence-electron chi connectivity index (χ2n) is 18.8. The minimum Gasteiger partial charge on any atom is -0.356 e. The van der Waals surface area contributed by atoms with Crippen LogP contribution in [0.1, 0.15) is 0 Å². The lowest BCUT2D eigenvalue weighted by molar-refractivity contribution is 1.24. The number of rotatable bonds is 17. The van der Waals surface area contributed by atoms with E-state index in [0.717, 1.165) is 96.7 Å². The van der Waals surface area contributed by atoms with Crippen molar-refractivity contribution in [1.82, 2.24) is 0 Å². The van der Waals surface area contributed by atoms with Crippen LogP contribution in [-0.2, 0) is 0 Å². The molecule has 0 aliphatic carbocycles. The highest BCUT2D eigenvalue weighted by atomic mass is 15.2. The zero-order valence-electron chi connectivity index (χ0n) is 43.0. The highest BCUT2D eigenvalue weighted by Gasteiger charge is 2.20. The highest BCUT2D eigenvalue weighted by Crippen LogP contribution is 2.44. The first-order valence-corrected chi connectivity index (χ1v) is 26.3. The summed E-state index contributed by atoms with van der Waals surface area (Å²) in [5.41, 5.74) is 18.1. The average molecular weight is 1010 g/mol. The lowest BCUT2D eigenvalue weighted by Gasteiger charge is -2.30. The Labute approximate surface area is 457 Å². The van der Waals surface area contributed by atoms with Crippen LogP contribution in [0.2, 0.25) is 0 Å². The summed E-state index contributed by atoms with van der Waals surface area (Å²) < 4.78 is 0. The maximum Gasteiger partial charge on any atom is 0.0463 e. The summed E-state index contributed by atoms with van der Waals surface area (Å²) in [7, 11) is 0. The van der Waals surface area contributed by atoms with Crippen LogP contribution < -0.4 is 29.8 Å². The summed E-state index contributed by atoms with van der Waals surface area (Å²) in [6.45, 7) is 0. The van der Waals surface area contributed by atoms with Gasteiger partial charge in [0, 0.05) is 96.7 Å². The number of anilines is 17. The molecule has 0 radical (unpaired) electrons. The number of hydrogen-bond donors (Lipinski definition) is 1. The molecule has 0 saturated heterocycles. The van der Waals surface area contributed by atoms with E-state index in [9.17, 15) is 0 Å². The van der Waals surface area contributed by atoms with Gasteiger partial charge < -0.3 is 29.8 Å². The fraction of sp³-hybridized carbons (Fsp3) is 0. The second-order valence-corrected chi connectivity index (χ2v) is 18.8. The van der Waals surface area contributed by atoms with Crippen molar-refractivity contribution in [2.45, 2.75) is 0 Å². The van der Waals surface area contributed by atoms with E-state index in [1.165, 1.54) is 0 Å². The maximum absolute atomic E-state index is 3.52. The molecular weight excluding hydrogens is 949 g/mol. The topological polar surface area (TPSA) is 28.2 Å². The molecule has 0 aliphatic heterocycles. The Morgan fingerprint density at radius 2 is 0.256 bits per heavy atom. The molecule has 12 aromatic carbocycles. The highest BCUT2D eigenvalue weighted by molar-refractivity contribution is 5.86. The Morgan fingerprint density at radius 3 is 0.436 bits per heavy atom. The Hall–Kier alpha value is -10.6. The van der Waals surface area contributed by atoms with Crippen LogP contribution in [0.3, 0.4) is 0 Å². The van der Waals surface area contributed by atoms with E-state index in [0.29, 0.717) is 0 Å². The Kier molecular flexibility index (Phi) is 14.2. The Morgan fingerprint density at radius 1 is 0.128 bits per heavy atom. The first kappa shape index (κ1) is 48.4. The van der Waals surface area contributed by atoms with Crippen LogP contribution in [0, 0.1) is 0 Å². The summed E-state index contributed by atoms with van der Waals surface area (Å²) in [6, 6.07) is 118. The largest absolute Gasteiger partial charge is 0.356 e. The van der Waals surface area contributed by atoms with Crippen molar-refractivity contribution in [3.63, 3.8) is 0 Å². The molecule has 0 unspecified atom stereocenters. The maximum atomic E-state index is 3.52. The van der Waals surface area contributed by atoms with Gasteiger partial charge in [-0.05, 0) is 206 Å². The van der Waals surface area contributed by atoms with Crippen LogP contribution in [0.5, 0.6) is 0 Å². The molecule has 12 rings (SSSR count). The quantitative estimate of drug-likeness (QED) is 0.0977. The molecule has 0 aromatic heterocycles. The van der Waals surface area contributed by atoms with Gasteiger partial charge in [-0.2, -0.15) is 0 Å². The average Bonchev–Trinajstić information content (AvgIpc) is 3.53. The molecule has 78 heavy (non-hydrogen) atoms. The smallest absolute Gasteiger partial charge is 0.0463 e. The minimum absolute atomic E-state index is 1.03. The molecule has 0 saturated carbocycles. The van der Waals surface area contributed by atoms with Gasteiger partial charge in [-0.15, -0.1) is 0 Å². The number of hydrogen-bond acceptors (Lipinski definition) is 6. The third-order valence-electron chi connectivity index (χ3n) is 13.7. The molecule has 0 fully saturated rings. The molecule has 1 N–H and O–H groups in total. The van der Waals surface area contributed by atoms with Gasteiger partial charge in [-0.1, -0.05) is 127 Å². The molecule has 6 nitrogen and oxygen atoms in total. The Bertz CT molecular complexity index is 3720. The number of para-hydroxylation sites is 7. The van der Waals surface area contributed by atoms with Crippen molar-refractivity contribution >= 4 is 96.7 Å². The van der Waals surface area contributed by atoms with E-state index in [4.69, 9.17) is 0 Å². The first-order chi connectivity index (χ1) is 38.7. The van der Waals surface area contributed by atoms with Crippen LogP contribution in [-0.4, -0.2) is 0 Å². The monoisotopic (exact) mass is 1000 g/mol. The third kappa shape index (κ3) is 10.7. The van der Waals surface area contributed by atoms with Gasteiger partial charge in [0.1, 0.15) is 0 Å². The van der Waals surface area contributed by atoms with Crippen molar-refractivity contribution in [2.75, 3.05) is 29.8 Å². The van der Waals surface area contributed by atoms with Gasteiger partial charge in [0.25, 0.3) is 0 Å². The molecule has 0 aliphatic rings. The van der Waals surface area contributed by atoms with Crippen molar-refractivity contribution in [2.24, 2.45) is 0 Å². The Balaban J connectivity index is 0.847. The predicted molar refractivity (Wildman–Crippen MR) is 330 cm³/mol. The van der Waals surface area contributed by atoms with Gasteiger partial charge in [0.05, 0.1) is 0 Å². The number of nitrogens with zero attached hydrogens (tertiary/aromatic N) is 5. The van der Waals surface area contributed by atoms with E-state index >= 15 is 0 Å². The summed E-state index contributed by atoms with van der Waals surface area (Å²) in [6.07, 6.45) is 0. The van der Waals surface area contributed by atoms with Crippen LogP contribution in [0.15, 0.2) is 334 Å². The van der Waals surface area contributed by atoms with Crippen molar-refractivity contribution < 1.29 is 0 Å². The van der Waals surface area contributed by atoms with Gasteiger partial charge in [-0.3, -0.25) is 0 Å². The standard InChI is InChI=1S/C72H56N6/c1-8-22-56(23-9-1)73-57-36-38-64(39-37-57)75(60-28-14-4-15-29-60)66-44-46-68(47-45-66)77(62-32-18-6-19-33-62)70-52-54-72(55-53-70)78(63-34-20-7-21-35-63)71-50-48-69(49-51-71)76(61-30-16-5-17-31-61)67-42-40-65(41-43-67)74(58-24-10-2-11-25-58)59-26-12-3-13-27-59/h1-55,73H. The van der Waals surface area contributed by atoms with Crippen molar-refractivity contribution in [1.29, 1.82) is 0 Å². The van der Waals surface area contributed by atoms with Crippen molar-refractivity contribution in [3.8, 4) is 0 Å². The van der Waals surface area contributed by atoms with Crippen molar-refractivity contribution in [3.05, 3.63) is 334 Å². The normalized spacial score (nSPS) is 10.8. The van der Waals surface area contributed by atoms with Crippen LogP contribution >= 0.6 is 0 Å². The van der Waals surface area contributed by atoms with Gasteiger partial charge in [-0.25, -0.2) is 0 Å². The van der Waals surface area contributed by atoms with E-state index in [-0.39, 0.29) is 0 Å². The molecule has 0 bridgehead atoms. The van der Waals surface area contributed by atoms with E-state index < -0.39 is 0 Å². The molecule has 374 valence electrons. The lowest BCUT2D eigenvalue weighted by Crippen LogP contribution is -2.13. The van der Waals surface area contributed by atoms with Gasteiger partial charge in [0.2, 0.25) is 0 Å². The molecule has 0 spiro atoms. The fourth-order valence-electron chi connectivity index (χ4n) is 10.1. The van der Waals surface area contributed by atoms with Gasteiger partial charge >= 0.3 is 0 Å². The molecule has 12 aromatic rings. The molecule has 6 heteroatoms.